The summed E-state index contributed by atoms with van der Waals surface area (Å²) < 4.78 is 37.1. The van der Waals surface area contributed by atoms with Crippen LogP contribution in [0.1, 0.15) is 46.5 Å². The molecule has 0 bridgehead atoms. The Hall–Kier alpha value is 0.0600. The Morgan fingerprint density at radius 3 is 2.40 bits per heavy atom. The van der Waals surface area contributed by atoms with E-state index in [0.717, 1.165) is 25.3 Å². The van der Waals surface area contributed by atoms with Gasteiger partial charge in [0.2, 0.25) is 0 Å². The summed E-state index contributed by atoms with van der Waals surface area (Å²) in [7, 11) is 0. The summed E-state index contributed by atoms with van der Waals surface area (Å²) in [5.41, 5.74) is 5.56. The fourth-order valence-corrected chi connectivity index (χ4v) is 3.72. The summed E-state index contributed by atoms with van der Waals surface area (Å²) in [5, 5.41) is 0. The van der Waals surface area contributed by atoms with Gasteiger partial charge in [0.15, 0.2) is 0 Å². The summed E-state index contributed by atoms with van der Waals surface area (Å²) in [6.45, 7) is 8.70. The molecule has 1 atom stereocenters. The van der Waals surface area contributed by atoms with Crippen molar-refractivity contribution in [3.8, 4) is 0 Å². The molecule has 1 aliphatic heterocycles. The number of thioether (sulfide) groups is 1. The van der Waals surface area contributed by atoms with Crippen LogP contribution in [-0.4, -0.2) is 46.7 Å². The molecule has 1 heterocycles. The molecule has 1 rings (SSSR count). The van der Waals surface area contributed by atoms with Crippen LogP contribution < -0.4 is 5.73 Å². The zero-order chi connectivity index (χ0) is 15.4. The van der Waals surface area contributed by atoms with Gasteiger partial charge in [-0.3, -0.25) is 4.90 Å². The van der Waals surface area contributed by atoms with Crippen molar-refractivity contribution in [2.45, 2.75) is 62.9 Å². The molecule has 1 unspecified atom stereocenters. The summed E-state index contributed by atoms with van der Waals surface area (Å²) >= 11 is 1.94. The van der Waals surface area contributed by atoms with Crippen LogP contribution in [0.15, 0.2) is 0 Å². The second kappa shape index (κ2) is 6.88. The molecule has 20 heavy (non-hydrogen) atoms. The molecular formula is C14H27F3N2S. The average Bonchev–Trinajstić information content (AvgIpc) is 2.48. The fourth-order valence-electron chi connectivity index (χ4n) is 2.62. The van der Waals surface area contributed by atoms with Crippen molar-refractivity contribution in [2.24, 2.45) is 5.73 Å². The van der Waals surface area contributed by atoms with Crippen LogP contribution in [0.2, 0.25) is 0 Å². The minimum Gasteiger partial charge on any atom is -0.329 e. The van der Waals surface area contributed by atoms with Crippen molar-refractivity contribution in [1.82, 2.24) is 4.90 Å². The third-order valence-electron chi connectivity index (χ3n) is 4.22. The Kier molecular flexibility index (Phi) is 6.23. The number of halogens is 3. The highest BCUT2D eigenvalue weighted by atomic mass is 32.2. The van der Waals surface area contributed by atoms with Gasteiger partial charge in [0.05, 0.1) is 0 Å². The first kappa shape index (κ1) is 18.1. The highest BCUT2D eigenvalue weighted by molar-refractivity contribution is 8.00. The van der Waals surface area contributed by atoms with E-state index in [1.54, 1.807) is 0 Å². The van der Waals surface area contributed by atoms with Gasteiger partial charge >= 0.3 is 6.18 Å². The van der Waals surface area contributed by atoms with Gasteiger partial charge in [-0.25, -0.2) is 0 Å². The van der Waals surface area contributed by atoms with E-state index in [9.17, 15) is 13.2 Å². The first-order chi connectivity index (χ1) is 9.08. The quantitative estimate of drug-likeness (QED) is 0.840. The van der Waals surface area contributed by atoms with Crippen LogP contribution in [0.5, 0.6) is 0 Å². The van der Waals surface area contributed by atoms with E-state index < -0.39 is 12.6 Å². The fraction of sp³-hybridized carbons (Fsp3) is 1.00. The third-order valence-corrected chi connectivity index (χ3v) is 5.59. The maximum atomic E-state index is 12.3. The predicted molar refractivity (Wildman–Crippen MR) is 80.1 cm³/mol. The largest absolute Gasteiger partial charge is 0.389 e. The van der Waals surface area contributed by atoms with E-state index in [4.69, 9.17) is 5.73 Å². The summed E-state index contributed by atoms with van der Waals surface area (Å²) in [4.78, 5) is 2.30. The van der Waals surface area contributed by atoms with Crippen molar-refractivity contribution < 1.29 is 13.2 Å². The minimum absolute atomic E-state index is 0.157. The summed E-state index contributed by atoms with van der Waals surface area (Å²) in [6, 6.07) is 0. The van der Waals surface area contributed by atoms with Crippen LogP contribution in [0.4, 0.5) is 13.2 Å². The molecule has 2 N–H and O–H groups in total. The van der Waals surface area contributed by atoms with Gasteiger partial charge in [-0.05, 0) is 26.2 Å². The van der Waals surface area contributed by atoms with Crippen LogP contribution in [0, 0.1) is 0 Å². The first-order valence-electron chi connectivity index (χ1n) is 7.24. The lowest BCUT2D eigenvalue weighted by atomic mass is 9.91. The Labute approximate surface area is 124 Å². The average molecular weight is 312 g/mol. The van der Waals surface area contributed by atoms with Crippen LogP contribution >= 0.6 is 11.8 Å². The van der Waals surface area contributed by atoms with Crippen molar-refractivity contribution in [3.05, 3.63) is 0 Å². The molecule has 6 heteroatoms. The van der Waals surface area contributed by atoms with Crippen LogP contribution in [-0.2, 0) is 0 Å². The number of hydrogen-bond acceptors (Lipinski definition) is 3. The molecule has 1 saturated heterocycles. The van der Waals surface area contributed by atoms with E-state index in [1.807, 2.05) is 18.7 Å². The zero-order valence-corrected chi connectivity index (χ0v) is 13.5. The number of rotatable bonds is 5. The van der Waals surface area contributed by atoms with Crippen molar-refractivity contribution in [3.63, 3.8) is 0 Å². The third kappa shape index (κ3) is 5.82. The Bertz CT molecular complexity index is 307. The van der Waals surface area contributed by atoms with E-state index in [1.165, 1.54) is 0 Å². The lowest BCUT2D eigenvalue weighted by Gasteiger charge is -2.40. The van der Waals surface area contributed by atoms with Crippen molar-refractivity contribution in [2.75, 3.05) is 25.4 Å². The standard InChI is InChI=1S/C14H27F3N2S/c1-12(2)7-8-19(9-10-20-12)13(3,11-18)5-4-6-14(15,16)17/h4-11,18H2,1-3H3. The van der Waals surface area contributed by atoms with E-state index in [-0.39, 0.29) is 16.7 Å². The van der Waals surface area contributed by atoms with Crippen molar-refractivity contribution in [1.29, 1.82) is 0 Å². The van der Waals surface area contributed by atoms with Crippen molar-refractivity contribution >= 4 is 11.8 Å². The lowest BCUT2D eigenvalue weighted by Crippen LogP contribution is -2.52. The SMILES string of the molecule is CC1(C)CCN(C(C)(CN)CCCC(F)(F)F)CCS1. The molecule has 120 valence electrons. The number of alkyl halides is 3. The van der Waals surface area contributed by atoms with Crippen LogP contribution in [0.3, 0.4) is 0 Å². The van der Waals surface area contributed by atoms with Gasteiger partial charge in [0.25, 0.3) is 0 Å². The topological polar surface area (TPSA) is 29.3 Å². The van der Waals surface area contributed by atoms with E-state index in [2.05, 4.69) is 18.7 Å². The molecule has 0 aromatic rings. The Balaban J connectivity index is 2.58. The smallest absolute Gasteiger partial charge is 0.329 e. The van der Waals surface area contributed by atoms with Gasteiger partial charge in [-0.15, -0.1) is 0 Å². The molecule has 0 aromatic heterocycles. The van der Waals surface area contributed by atoms with Gasteiger partial charge < -0.3 is 5.73 Å². The molecule has 0 saturated carbocycles. The van der Waals surface area contributed by atoms with E-state index in [0.29, 0.717) is 13.0 Å². The van der Waals surface area contributed by atoms with Gasteiger partial charge in [-0.2, -0.15) is 24.9 Å². The highest BCUT2D eigenvalue weighted by Gasteiger charge is 2.35. The van der Waals surface area contributed by atoms with Gasteiger partial charge in [-0.1, -0.05) is 13.8 Å². The molecule has 1 aliphatic rings. The highest BCUT2D eigenvalue weighted by Crippen LogP contribution is 2.34. The molecule has 0 aliphatic carbocycles. The normalized spacial score (nSPS) is 24.1. The molecular weight excluding hydrogens is 285 g/mol. The Morgan fingerprint density at radius 1 is 1.20 bits per heavy atom. The van der Waals surface area contributed by atoms with E-state index >= 15 is 0 Å². The lowest BCUT2D eigenvalue weighted by molar-refractivity contribution is -0.136. The second-order valence-electron chi connectivity index (χ2n) is 6.51. The number of hydrogen-bond donors (Lipinski definition) is 1. The van der Waals surface area contributed by atoms with Gasteiger partial charge in [0.1, 0.15) is 0 Å². The molecule has 0 radical (unpaired) electrons. The number of nitrogens with two attached hydrogens (primary N) is 1. The first-order valence-corrected chi connectivity index (χ1v) is 8.22. The minimum atomic E-state index is -4.06. The second-order valence-corrected chi connectivity index (χ2v) is 8.32. The molecule has 1 fully saturated rings. The molecule has 0 aromatic carbocycles. The molecule has 0 amide bonds. The maximum absolute atomic E-state index is 12.3. The molecule has 0 spiro atoms. The number of nitrogens with zero attached hydrogens (tertiary/aromatic N) is 1. The summed E-state index contributed by atoms with van der Waals surface area (Å²) in [5.74, 6) is 1.02. The Morgan fingerprint density at radius 2 is 1.85 bits per heavy atom. The summed E-state index contributed by atoms with van der Waals surface area (Å²) in [6.07, 6.45) is -3.06. The van der Waals surface area contributed by atoms with Crippen LogP contribution in [0.25, 0.3) is 0 Å². The zero-order valence-electron chi connectivity index (χ0n) is 12.7. The predicted octanol–water partition coefficient (Wildman–Crippen LogP) is 3.65. The molecule has 2 nitrogen and oxygen atoms in total. The van der Waals surface area contributed by atoms with Gasteiger partial charge in [0, 0.05) is 42.1 Å². The monoisotopic (exact) mass is 312 g/mol. The maximum Gasteiger partial charge on any atom is 0.389 e.